The van der Waals surface area contributed by atoms with E-state index in [2.05, 4.69) is 0 Å². The Kier molecular flexibility index (Phi) is 3.21. The first-order valence-corrected chi connectivity index (χ1v) is 7.38. The molecule has 0 saturated carbocycles. The molecule has 6 nitrogen and oxygen atoms in total. The van der Waals surface area contributed by atoms with Crippen LogP contribution in [0.1, 0.15) is 0 Å². The Morgan fingerprint density at radius 1 is 1.00 bits per heavy atom. The molecule has 0 saturated heterocycles. The van der Waals surface area contributed by atoms with Crippen LogP contribution in [0.5, 0.6) is 23.0 Å². The third-order valence-electron chi connectivity index (χ3n) is 3.73. The van der Waals surface area contributed by atoms with Crippen LogP contribution in [0.4, 0.5) is 5.69 Å². The van der Waals surface area contributed by atoms with Gasteiger partial charge in [0.25, 0.3) is 0 Å². The van der Waals surface area contributed by atoms with Crippen LogP contribution >= 0.6 is 11.6 Å². The Bertz CT molecular complexity index is 1040. The van der Waals surface area contributed by atoms with Crippen LogP contribution in [-0.2, 0) is 0 Å². The quantitative estimate of drug-likeness (QED) is 0.736. The van der Waals surface area contributed by atoms with Crippen LogP contribution in [0.3, 0.4) is 0 Å². The smallest absolute Gasteiger partial charge is 0.249 e. The summed E-state index contributed by atoms with van der Waals surface area (Å²) >= 11 is 6.02. The fourth-order valence-electron chi connectivity index (χ4n) is 2.53. The average molecular weight is 344 g/mol. The molecule has 0 spiro atoms. The third-order valence-corrected chi connectivity index (χ3v) is 3.97. The predicted molar refractivity (Wildman–Crippen MR) is 88.9 cm³/mol. The number of anilines is 1. The Hall–Kier alpha value is -2.99. The molecule has 0 aromatic heterocycles. The van der Waals surface area contributed by atoms with E-state index in [1.807, 2.05) is 0 Å². The average Bonchev–Trinajstić information content (AvgIpc) is 3.04. The Morgan fingerprint density at radius 2 is 1.79 bits per heavy atom. The van der Waals surface area contributed by atoms with Gasteiger partial charge in [0, 0.05) is 22.7 Å². The number of fused-ring (bicyclic) bond motifs is 1. The monoisotopic (exact) mass is 343 g/mol. The number of ether oxygens (including phenoxy) is 3. The number of hydrogen-bond donors (Lipinski definition) is 1. The summed E-state index contributed by atoms with van der Waals surface area (Å²) in [5, 5.41) is 0.423. The summed E-state index contributed by atoms with van der Waals surface area (Å²) in [6.07, 6.45) is 0. The normalized spacial score (nSPS) is 12.5. The van der Waals surface area contributed by atoms with Crippen molar-refractivity contribution in [2.45, 2.75) is 0 Å². The number of nitrogen functional groups attached to an aromatic ring is 1. The number of hydrogen-bond acceptors (Lipinski definition) is 6. The Labute approximate surface area is 140 Å². The van der Waals surface area contributed by atoms with Crippen molar-refractivity contribution in [3.8, 4) is 34.1 Å². The lowest BCUT2D eigenvalue weighted by molar-refractivity contribution is 0.174. The van der Waals surface area contributed by atoms with Gasteiger partial charge in [0.05, 0.1) is 11.3 Å². The zero-order valence-corrected chi connectivity index (χ0v) is 12.9. The van der Waals surface area contributed by atoms with Crippen LogP contribution in [-0.4, -0.2) is 6.79 Å². The molecule has 0 radical (unpaired) electrons. The Morgan fingerprint density at radius 3 is 2.58 bits per heavy atom. The van der Waals surface area contributed by atoms with Gasteiger partial charge in [-0.15, -0.1) is 0 Å². The summed E-state index contributed by atoms with van der Waals surface area (Å²) in [7, 11) is 0. The zero-order chi connectivity index (χ0) is 16.8. The van der Waals surface area contributed by atoms with Crippen molar-refractivity contribution in [3.63, 3.8) is 0 Å². The topological polar surface area (TPSA) is 87.8 Å². The first-order chi connectivity index (χ1) is 11.5. The van der Waals surface area contributed by atoms with Crippen LogP contribution < -0.4 is 30.8 Å². The molecule has 4 rings (SSSR count). The van der Waals surface area contributed by atoms with Crippen LogP contribution in [0.2, 0.25) is 5.02 Å². The van der Waals surface area contributed by atoms with E-state index in [-0.39, 0.29) is 18.0 Å². The van der Waals surface area contributed by atoms with Crippen LogP contribution in [0.15, 0.2) is 46.0 Å². The first kappa shape index (κ1) is 14.6. The molecule has 2 N–H and O–H groups in total. The molecule has 24 heavy (non-hydrogen) atoms. The minimum absolute atomic E-state index is 0.0714. The molecule has 0 aliphatic carbocycles. The van der Waals surface area contributed by atoms with E-state index in [0.29, 0.717) is 33.6 Å². The maximum atomic E-state index is 11.8. The largest absolute Gasteiger partial charge is 0.457 e. The molecule has 1 aliphatic rings. The van der Waals surface area contributed by atoms with E-state index in [1.165, 1.54) is 0 Å². The molecular formula is C17H10ClNO5. The predicted octanol–water partition coefficient (Wildman–Crippen LogP) is 2.71. The SMILES string of the molecule is Nc1c(-c2ccc(Cl)cc2Oc2ccc3c(c2)OCO3)c(=O)c1=O. The van der Waals surface area contributed by atoms with Gasteiger partial charge in [-0.25, -0.2) is 0 Å². The molecule has 0 atom stereocenters. The van der Waals surface area contributed by atoms with Gasteiger partial charge >= 0.3 is 0 Å². The third kappa shape index (κ3) is 2.19. The summed E-state index contributed by atoms with van der Waals surface area (Å²) < 4.78 is 16.4. The van der Waals surface area contributed by atoms with E-state index in [0.717, 1.165) is 0 Å². The number of halogens is 1. The van der Waals surface area contributed by atoms with E-state index in [4.69, 9.17) is 31.5 Å². The minimum Gasteiger partial charge on any atom is -0.457 e. The summed E-state index contributed by atoms with van der Waals surface area (Å²) in [6.45, 7) is 0.154. The second-order valence-electron chi connectivity index (χ2n) is 5.20. The maximum absolute atomic E-state index is 11.8. The zero-order valence-electron chi connectivity index (χ0n) is 12.2. The second-order valence-corrected chi connectivity index (χ2v) is 5.64. The van der Waals surface area contributed by atoms with E-state index >= 15 is 0 Å². The van der Waals surface area contributed by atoms with Crippen molar-refractivity contribution in [1.82, 2.24) is 0 Å². The summed E-state index contributed by atoms with van der Waals surface area (Å²) in [5.41, 5.74) is 4.82. The van der Waals surface area contributed by atoms with Gasteiger partial charge in [0.1, 0.15) is 11.5 Å². The highest BCUT2D eigenvalue weighted by atomic mass is 35.5. The minimum atomic E-state index is -0.686. The molecular weight excluding hydrogens is 334 g/mol. The molecule has 0 amide bonds. The molecule has 0 fully saturated rings. The highest BCUT2D eigenvalue weighted by Gasteiger charge is 2.23. The lowest BCUT2D eigenvalue weighted by Gasteiger charge is -2.14. The fourth-order valence-corrected chi connectivity index (χ4v) is 2.69. The van der Waals surface area contributed by atoms with E-state index in [9.17, 15) is 9.59 Å². The first-order valence-electron chi connectivity index (χ1n) is 7.01. The van der Waals surface area contributed by atoms with Crippen molar-refractivity contribution >= 4 is 17.3 Å². The van der Waals surface area contributed by atoms with Gasteiger partial charge in [0.2, 0.25) is 17.7 Å². The van der Waals surface area contributed by atoms with Gasteiger partial charge < -0.3 is 19.9 Å². The lowest BCUT2D eigenvalue weighted by atomic mass is 9.98. The van der Waals surface area contributed by atoms with Crippen molar-refractivity contribution < 1.29 is 14.2 Å². The highest BCUT2D eigenvalue weighted by molar-refractivity contribution is 6.30. The number of benzene rings is 2. The Balaban J connectivity index is 1.77. The lowest BCUT2D eigenvalue weighted by Crippen LogP contribution is -2.35. The van der Waals surface area contributed by atoms with Crippen molar-refractivity contribution in [1.29, 1.82) is 0 Å². The van der Waals surface area contributed by atoms with Gasteiger partial charge in [-0.05, 0) is 24.3 Å². The van der Waals surface area contributed by atoms with Gasteiger partial charge in [-0.3, -0.25) is 9.59 Å². The van der Waals surface area contributed by atoms with E-state index in [1.54, 1.807) is 36.4 Å². The van der Waals surface area contributed by atoms with Crippen molar-refractivity contribution in [2.24, 2.45) is 0 Å². The molecule has 7 heteroatoms. The molecule has 3 aromatic rings. The molecule has 1 heterocycles. The highest BCUT2D eigenvalue weighted by Crippen LogP contribution is 2.40. The fraction of sp³-hybridized carbons (Fsp3) is 0.0588. The molecule has 1 aliphatic heterocycles. The molecule has 3 aromatic carbocycles. The molecule has 0 bridgehead atoms. The van der Waals surface area contributed by atoms with Crippen LogP contribution in [0, 0.1) is 0 Å². The summed E-state index contributed by atoms with van der Waals surface area (Å²) in [5.74, 6) is 1.98. The molecule has 120 valence electrons. The summed E-state index contributed by atoms with van der Waals surface area (Å²) in [4.78, 5) is 23.2. The second kappa shape index (κ2) is 5.28. The van der Waals surface area contributed by atoms with Gasteiger partial charge in [-0.2, -0.15) is 0 Å². The van der Waals surface area contributed by atoms with Crippen molar-refractivity contribution in [3.05, 3.63) is 61.9 Å². The summed E-state index contributed by atoms with van der Waals surface area (Å²) in [6, 6.07) is 9.82. The maximum Gasteiger partial charge on any atom is 0.249 e. The number of rotatable bonds is 3. The van der Waals surface area contributed by atoms with Gasteiger partial charge in [0.15, 0.2) is 11.5 Å². The van der Waals surface area contributed by atoms with Crippen LogP contribution in [0.25, 0.3) is 11.1 Å². The van der Waals surface area contributed by atoms with Gasteiger partial charge in [-0.1, -0.05) is 11.6 Å². The standard InChI is InChI=1S/C17H10ClNO5/c18-8-1-3-10(14-15(19)17(21)16(14)20)12(5-8)24-9-2-4-11-13(6-9)23-7-22-11/h1-6H,7,19H2. The number of nitrogens with two attached hydrogens (primary N) is 1. The van der Waals surface area contributed by atoms with Crippen molar-refractivity contribution in [2.75, 3.05) is 12.5 Å². The molecule has 0 unspecified atom stereocenters. The van der Waals surface area contributed by atoms with E-state index < -0.39 is 10.9 Å².